The number of nitrogen functional groups attached to an aromatic ring is 1. The monoisotopic (exact) mass is 244 g/mol. The molecule has 0 atom stereocenters. The van der Waals surface area contributed by atoms with Gasteiger partial charge in [-0.05, 0) is 26.0 Å². The third kappa shape index (κ3) is 3.03. The van der Waals surface area contributed by atoms with E-state index in [1.807, 2.05) is 10.9 Å². The molecule has 0 amide bonds. The van der Waals surface area contributed by atoms with Gasteiger partial charge in [0.2, 0.25) is 0 Å². The molecule has 0 spiro atoms. The molecule has 18 heavy (non-hydrogen) atoms. The molecule has 1 aromatic heterocycles. The lowest BCUT2D eigenvalue weighted by Gasteiger charge is -2.23. The Bertz CT molecular complexity index is 487. The quantitative estimate of drug-likeness (QED) is 0.878. The molecular formula is C14H20N4. The van der Waals surface area contributed by atoms with Gasteiger partial charge in [-0.1, -0.05) is 17.7 Å². The molecule has 0 saturated heterocycles. The van der Waals surface area contributed by atoms with Gasteiger partial charge in [-0.25, -0.2) is 0 Å². The summed E-state index contributed by atoms with van der Waals surface area (Å²) in [4.78, 5) is 2.33. The van der Waals surface area contributed by atoms with Crippen LogP contribution in [0.4, 0.5) is 11.4 Å². The number of likely N-dealkylation sites (N-methyl/N-ethyl adjacent to an activating group) is 1. The van der Waals surface area contributed by atoms with E-state index >= 15 is 0 Å². The molecule has 2 aromatic rings. The van der Waals surface area contributed by atoms with Crippen LogP contribution in [0.1, 0.15) is 12.5 Å². The lowest BCUT2D eigenvalue weighted by molar-refractivity contribution is 0.600. The summed E-state index contributed by atoms with van der Waals surface area (Å²) in [7, 11) is 0. The second-order valence-electron chi connectivity index (χ2n) is 4.45. The van der Waals surface area contributed by atoms with Crippen molar-refractivity contribution in [2.75, 3.05) is 23.7 Å². The van der Waals surface area contributed by atoms with Crippen LogP contribution in [-0.4, -0.2) is 22.9 Å². The molecular weight excluding hydrogens is 224 g/mol. The average Bonchev–Trinajstić information content (AvgIpc) is 2.78. The summed E-state index contributed by atoms with van der Waals surface area (Å²) in [6.07, 6.45) is 3.55. The maximum atomic E-state index is 5.65. The number of hydrogen-bond acceptors (Lipinski definition) is 3. The lowest BCUT2D eigenvalue weighted by atomic mass is 10.2. The molecule has 0 aliphatic heterocycles. The van der Waals surface area contributed by atoms with Crippen LogP contribution in [0.3, 0.4) is 0 Å². The zero-order valence-corrected chi connectivity index (χ0v) is 11.0. The molecule has 0 radical (unpaired) electrons. The summed E-state index contributed by atoms with van der Waals surface area (Å²) in [6.45, 7) is 7.03. The average molecular weight is 244 g/mol. The SMILES string of the molecule is CCN(CCn1cc(N)cn1)c1ccc(C)cc1. The first kappa shape index (κ1) is 12.5. The Kier molecular flexibility index (Phi) is 3.87. The molecule has 0 aliphatic carbocycles. The van der Waals surface area contributed by atoms with Gasteiger partial charge in [-0.2, -0.15) is 5.10 Å². The number of nitrogens with two attached hydrogens (primary N) is 1. The summed E-state index contributed by atoms with van der Waals surface area (Å²) in [5.74, 6) is 0. The Labute approximate surface area is 108 Å². The minimum atomic E-state index is 0.716. The van der Waals surface area contributed by atoms with Crippen molar-refractivity contribution in [1.82, 2.24) is 9.78 Å². The second kappa shape index (κ2) is 5.58. The number of rotatable bonds is 5. The topological polar surface area (TPSA) is 47.1 Å². The van der Waals surface area contributed by atoms with Crippen LogP contribution in [0.5, 0.6) is 0 Å². The Balaban J connectivity index is 1.99. The van der Waals surface area contributed by atoms with Gasteiger partial charge in [0.15, 0.2) is 0 Å². The number of benzene rings is 1. The summed E-state index contributed by atoms with van der Waals surface area (Å²) in [5, 5.41) is 4.19. The van der Waals surface area contributed by atoms with E-state index in [9.17, 15) is 0 Å². The zero-order chi connectivity index (χ0) is 13.0. The van der Waals surface area contributed by atoms with Crippen LogP contribution in [0.25, 0.3) is 0 Å². The third-order valence-corrected chi connectivity index (χ3v) is 3.03. The van der Waals surface area contributed by atoms with Crippen molar-refractivity contribution in [2.45, 2.75) is 20.4 Å². The number of hydrogen-bond donors (Lipinski definition) is 1. The Morgan fingerprint density at radius 2 is 2.00 bits per heavy atom. The smallest absolute Gasteiger partial charge is 0.0719 e. The highest BCUT2D eigenvalue weighted by atomic mass is 15.3. The summed E-state index contributed by atoms with van der Waals surface area (Å²) in [6, 6.07) is 8.61. The summed E-state index contributed by atoms with van der Waals surface area (Å²) >= 11 is 0. The molecule has 0 saturated carbocycles. The molecule has 2 rings (SSSR count). The number of aromatic nitrogens is 2. The molecule has 4 nitrogen and oxygen atoms in total. The van der Waals surface area contributed by atoms with Crippen molar-refractivity contribution in [3.8, 4) is 0 Å². The van der Waals surface area contributed by atoms with Gasteiger partial charge in [-0.15, -0.1) is 0 Å². The normalized spacial score (nSPS) is 10.6. The number of nitrogens with zero attached hydrogens (tertiary/aromatic N) is 3. The van der Waals surface area contributed by atoms with Gasteiger partial charge in [0.05, 0.1) is 18.4 Å². The van der Waals surface area contributed by atoms with E-state index in [4.69, 9.17) is 5.73 Å². The lowest BCUT2D eigenvalue weighted by Crippen LogP contribution is -2.27. The van der Waals surface area contributed by atoms with E-state index in [0.29, 0.717) is 5.69 Å². The molecule has 0 aliphatic rings. The van der Waals surface area contributed by atoms with Crippen molar-refractivity contribution < 1.29 is 0 Å². The first-order valence-corrected chi connectivity index (χ1v) is 6.28. The van der Waals surface area contributed by atoms with Crippen LogP contribution in [-0.2, 0) is 6.54 Å². The van der Waals surface area contributed by atoms with Crippen LogP contribution < -0.4 is 10.6 Å². The van der Waals surface area contributed by atoms with Crippen molar-refractivity contribution in [1.29, 1.82) is 0 Å². The second-order valence-corrected chi connectivity index (χ2v) is 4.45. The van der Waals surface area contributed by atoms with E-state index in [2.05, 4.69) is 48.1 Å². The van der Waals surface area contributed by atoms with Gasteiger partial charge < -0.3 is 10.6 Å². The van der Waals surface area contributed by atoms with Crippen LogP contribution >= 0.6 is 0 Å². The highest BCUT2D eigenvalue weighted by Gasteiger charge is 2.04. The van der Waals surface area contributed by atoms with Gasteiger partial charge >= 0.3 is 0 Å². The number of anilines is 2. The third-order valence-electron chi connectivity index (χ3n) is 3.03. The first-order valence-electron chi connectivity index (χ1n) is 6.28. The van der Waals surface area contributed by atoms with Crippen LogP contribution in [0.2, 0.25) is 0 Å². The molecule has 0 bridgehead atoms. The minimum Gasteiger partial charge on any atom is -0.396 e. The Morgan fingerprint density at radius 1 is 1.28 bits per heavy atom. The highest BCUT2D eigenvalue weighted by Crippen LogP contribution is 2.14. The van der Waals surface area contributed by atoms with Gasteiger partial charge in [0.25, 0.3) is 0 Å². The molecule has 0 fully saturated rings. The fraction of sp³-hybridized carbons (Fsp3) is 0.357. The van der Waals surface area contributed by atoms with E-state index in [1.165, 1.54) is 11.3 Å². The van der Waals surface area contributed by atoms with E-state index in [-0.39, 0.29) is 0 Å². The molecule has 1 heterocycles. The summed E-state index contributed by atoms with van der Waals surface area (Å²) in [5.41, 5.74) is 8.90. The maximum Gasteiger partial charge on any atom is 0.0719 e. The predicted octanol–water partition coefficient (Wildman–Crippen LogP) is 2.30. The maximum absolute atomic E-state index is 5.65. The molecule has 4 heteroatoms. The van der Waals surface area contributed by atoms with Gasteiger partial charge in [-0.3, -0.25) is 4.68 Å². The van der Waals surface area contributed by atoms with Crippen molar-refractivity contribution in [3.05, 3.63) is 42.2 Å². The van der Waals surface area contributed by atoms with Gasteiger partial charge in [0, 0.05) is 25.0 Å². The predicted molar refractivity (Wildman–Crippen MR) is 75.7 cm³/mol. The van der Waals surface area contributed by atoms with Gasteiger partial charge in [0.1, 0.15) is 0 Å². The molecule has 1 aromatic carbocycles. The van der Waals surface area contributed by atoms with E-state index in [1.54, 1.807) is 6.20 Å². The Morgan fingerprint density at radius 3 is 2.56 bits per heavy atom. The first-order chi connectivity index (χ1) is 8.69. The van der Waals surface area contributed by atoms with Crippen molar-refractivity contribution >= 4 is 11.4 Å². The standard InChI is InChI=1S/C14H20N4/c1-3-17(14-6-4-12(2)5-7-14)8-9-18-11-13(15)10-16-18/h4-7,10-11H,3,8-9,15H2,1-2H3. The largest absolute Gasteiger partial charge is 0.396 e. The van der Waals surface area contributed by atoms with Crippen LogP contribution in [0, 0.1) is 6.92 Å². The van der Waals surface area contributed by atoms with E-state index in [0.717, 1.165) is 19.6 Å². The Hall–Kier alpha value is -1.97. The van der Waals surface area contributed by atoms with Crippen molar-refractivity contribution in [2.24, 2.45) is 0 Å². The molecule has 0 unspecified atom stereocenters. The molecule has 2 N–H and O–H groups in total. The summed E-state index contributed by atoms with van der Waals surface area (Å²) < 4.78 is 1.88. The zero-order valence-electron chi connectivity index (χ0n) is 11.0. The minimum absolute atomic E-state index is 0.716. The van der Waals surface area contributed by atoms with Crippen molar-refractivity contribution in [3.63, 3.8) is 0 Å². The fourth-order valence-electron chi connectivity index (χ4n) is 1.95. The molecule has 96 valence electrons. The number of aryl methyl sites for hydroxylation is 1. The fourth-order valence-corrected chi connectivity index (χ4v) is 1.95. The van der Waals surface area contributed by atoms with E-state index < -0.39 is 0 Å². The highest BCUT2D eigenvalue weighted by molar-refractivity contribution is 5.47. The van der Waals surface area contributed by atoms with Crippen LogP contribution in [0.15, 0.2) is 36.7 Å².